The van der Waals surface area contributed by atoms with E-state index in [2.05, 4.69) is 15.9 Å². The van der Waals surface area contributed by atoms with E-state index < -0.39 is 0 Å². The van der Waals surface area contributed by atoms with Crippen LogP contribution in [0.5, 0.6) is 11.5 Å². The van der Waals surface area contributed by atoms with Gasteiger partial charge in [-0.25, -0.2) is 0 Å². The van der Waals surface area contributed by atoms with Crippen molar-refractivity contribution in [2.75, 3.05) is 14.2 Å². The molecule has 0 spiro atoms. The molecule has 1 unspecified atom stereocenters. The highest BCUT2D eigenvalue weighted by Crippen LogP contribution is 2.36. The Labute approximate surface area is 90.9 Å². The van der Waals surface area contributed by atoms with Gasteiger partial charge in [-0.05, 0) is 12.1 Å². The summed E-state index contributed by atoms with van der Waals surface area (Å²) in [5, 5.41) is 0. The summed E-state index contributed by atoms with van der Waals surface area (Å²) in [5.41, 5.74) is 0.893. The van der Waals surface area contributed by atoms with Gasteiger partial charge < -0.3 is 9.47 Å². The summed E-state index contributed by atoms with van der Waals surface area (Å²) in [6.45, 7) is 0. The van der Waals surface area contributed by atoms with Crippen LogP contribution in [-0.2, 0) is 0 Å². The molecular weight excluding hydrogens is 255 g/mol. The number of hydrogen-bond acceptors (Lipinski definition) is 2. The second-order valence-corrected chi connectivity index (χ2v) is 4.29. The smallest absolute Gasteiger partial charge is 0.128 e. The summed E-state index contributed by atoms with van der Waals surface area (Å²) >= 11 is 9.14. The first-order valence-electron chi connectivity index (χ1n) is 3.69. The van der Waals surface area contributed by atoms with Crippen LogP contribution in [-0.4, -0.2) is 14.2 Å². The highest BCUT2D eigenvalue weighted by molar-refractivity contribution is 9.09. The molecule has 0 amide bonds. The van der Waals surface area contributed by atoms with Crippen molar-refractivity contribution >= 4 is 27.5 Å². The van der Waals surface area contributed by atoms with Crippen LogP contribution >= 0.6 is 27.5 Å². The van der Waals surface area contributed by atoms with Crippen molar-refractivity contribution in [3.63, 3.8) is 0 Å². The predicted molar refractivity (Wildman–Crippen MR) is 57.1 cm³/mol. The van der Waals surface area contributed by atoms with Gasteiger partial charge in [0, 0.05) is 11.6 Å². The molecule has 0 fully saturated rings. The summed E-state index contributed by atoms with van der Waals surface area (Å²) in [5.74, 6) is 1.47. The molecule has 13 heavy (non-hydrogen) atoms. The largest absolute Gasteiger partial charge is 0.497 e. The van der Waals surface area contributed by atoms with Crippen molar-refractivity contribution in [3.05, 3.63) is 23.8 Å². The molecule has 1 aromatic carbocycles. The van der Waals surface area contributed by atoms with Crippen LogP contribution in [0.3, 0.4) is 0 Å². The van der Waals surface area contributed by atoms with E-state index in [-0.39, 0.29) is 4.29 Å². The van der Waals surface area contributed by atoms with Gasteiger partial charge in [-0.2, -0.15) is 0 Å². The second-order valence-electron chi connectivity index (χ2n) is 2.41. The lowest BCUT2D eigenvalue weighted by Crippen LogP contribution is -1.92. The third kappa shape index (κ3) is 2.51. The van der Waals surface area contributed by atoms with Gasteiger partial charge in [-0.15, -0.1) is 11.6 Å². The molecule has 1 atom stereocenters. The lowest BCUT2D eigenvalue weighted by atomic mass is 10.2. The minimum absolute atomic E-state index is 0.242. The van der Waals surface area contributed by atoms with Gasteiger partial charge in [-0.1, -0.05) is 15.9 Å². The van der Waals surface area contributed by atoms with E-state index in [4.69, 9.17) is 21.1 Å². The molecule has 0 bridgehead atoms. The number of methoxy groups -OCH3 is 2. The first-order valence-corrected chi connectivity index (χ1v) is 5.04. The molecule has 1 aromatic rings. The van der Waals surface area contributed by atoms with E-state index >= 15 is 0 Å². The standard InChI is InChI=1S/C9H10BrClO2/c1-12-6-3-4-7(9(10)11)8(5-6)13-2/h3-5,9H,1-2H3. The number of benzene rings is 1. The summed E-state index contributed by atoms with van der Waals surface area (Å²) in [4.78, 5) is 0. The van der Waals surface area contributed by atoms with E-state index in [1.54, 1.807) is 20.3 Å². The fraction of sp³-hybridized carbons (Fsp3) is 0.333. The fourth-order valence-corrected chi connectivity index (χ4v) is 1.56. The first-order chi connectivity index (χ1) is 6.19. The molecule has 0 saturated heterocycles. The summed E-state index contributed by atoms with van der Waals surface area (Å²) < 4.78 is 9.97. The molecule has 1 rings (SSSR count). The molecule has 0 aromatic heterocycles. The van der Waals surface area contributed by atoms with Gasteiger partial charge in [0.05, 0.1) is 14.2 Å². The van der Waals surface area contributed by atoms with Crippen molar-refractivity contribution in [1.82, 2.24) is 0 Å². The van der Waals surface area contributed by atoms with E-state index in [9.17, 15) is 0 Å². The van der Waals surface area contributed by atoms with Crippen molar-refractivity contribution in [3.8, 4) is 11.5 Å². The highest BCUT2D eigenvalue weighted by Gasteiger charge is 2.10. The number of alkyl halides is 2. The molecule has 0 N–H and O–H groups in total. The average molecular weight is 266 g/mol. The van der Waals surface area contributed by atoms with Gasteiger partial charge in [0.25, 0.3) is 0 Å². The molecule has 72 valence electrons. The maximum atomic E-state index is 5.88. The third-order valence-electron chi connectivity index (χ3n) is 1.68. The Balaban J connectivity index is 3.08. The Hall–Kier alpha value is -0.410. The highest BCUT2D eigenvalue weighted by atomic mass is 79.9. The van der Waals surface area contributed by atoms with E-state index in [0.29, 0.717) is 0 Å². The van der Waals surface area contributed by atoms with E-state index in [1.807, 2.05) is 12.1 Å². The number of rotatable bonds is 3. The minimum atomic E-state index is -0.242. The van der Waals surface area contributed by atoms with E-state index in [0.717, 1.165) is 17.1 Å². The van der Waals surface area contributed by atoms with Crippen molar-refractivity contribution in [2.24, 2.45) is 0 Å². The zero-order chi connectivity index (χ0) is 9.84. The van der Waals surface area contributed by atoms with Crippen LogP contribution in [0.25, 0.3) is 0 Å². The lowest BCUT2D eigenvalue weighted by Gasteiger charge is -2.10. The van der Waals surface area contributed by atoms with Gasteiger partial charge in [0.1, 0.15) is 15.8 Å². The minimum Gasteiger partial charge on any atom is -0.497 e. The van der Waals surface area contributed by atoms with Crippen LogP contribution in [0.4, 0.5) is 0 Å². The Morgan fingerprint density at radius 1 is 1.31 bits per heavy atom. The molecule has 2 nitrogen and oxygen atoms in total. The Bertz CT molecular complexity index is 289. The number of halogens is 2. The van der Waals surface area contributed by atoms with Crippen molar-refractivity contribution < 1.29 is 9.47 Å². The SMILES string of the molecule is COc1ccc(C(Cl)Br)c(OC)c1. The molecule has 0 radical (unpaired) electrons. The normalized spacial score (nSPS) is 12.3. The monoisotopic (exact) mass is 264 g/mol. The van der Waals surface area contributed by atoms with E-state index in [1.165, 1.54) is 0 Å². The maximum Gasteiger partial charge on any atom is 0.128 e. The first kappa shape index (κ1) is 10.7. The number of hydrogen-bond donors (Lipinski definition) is 0. The number of ether oxygens (including phenoxy) is 2. The summed E-state index contributed by atoms with van der Waals surface area (Å²) in [7, 11) is 3.21. The predicted octanol–water partition coefficient (Wildman–Crippen LogP) is 3.34. The zero-order valence-corrected chi connectivity index (χ0v) is 9.72. The molecule has 0 aliphatic heterocycles. The molecule has 4 heteroatoms. The Morgan fingerprint density at radius 3 is 2.46 bits per heavy atom. The Morgan fingerprint density at radius 2 is 2.00 bits per heavy atom. The van der Waals surface area contributed by atoms with Gasteiger partial charge in [0.2, 0.25) is 0 Å². The maximum absolute atomic E-state index is 5.88. The second kappa shape index (κ2) is 4.72. The van der Waals surface area contributed by atoms with Crippen LogP contribution in [0.15, 0.2) is 18.2 Å². The molecular formula is C9H10BrClO2. The summed E-state index contributed by atoms with van der Waals surface area (Å²) in [6, 6.07) is 5.50. The van der Waals surface area contributed by atoms with Crippen LogP contribution in [0, 0.1) is 0 Å². The van der Waals surface area contributed by atoms with Gasteiger partial charge >= 0.3 is 0 Å². The van der Waals surface area contributed by atoms with Crippen molar-refractivity contribution in [1.29, 1.82) is 0 Å². The summed E-state index contributed by atoms with van der Waals surface area (Å²) in [6.07, 6.45) is 0. The lowest BCUT2D eigenvalue weighted by molar-refractivity contribution is 0.392. The van der Waals surface area contributed by atoms with Gasteiger partial charge in [0.15, 0.2) is 0 Å². The van der Waals surface area contributed by atoms with Crippen LogP contribution in [0.1, 0.15) is 9.85 Å². The molecule has 0 saturated carbocycles. The zero-order valence-electron chi connectivity index (χ0n) is 7.38. The van der Waals surface area contributed by atoms with Crippen LogP contribution < -0.4 is 9.47 Å². The van der Waals surface area contributed by atoms with Crippen molar-refractivity contribution in [2.45, 2.75) is 4.29 Å². The molecule has 0 aliphatic rings. The van der Waals surface area contributed by atoms with Crippen LogP contribution in [0.2, 0.25) is 0 Å². The van der Waals surface area contributed by atoms with Gasteiger partial charge in [-0.3, -0.25) is 0 Å². The topological polar surface area (TPSA) is 18.5 Å². The molecule has 0 aliphatic carbocycles. The molecule has 0 heterocycles. The average Bonchev–Trinajstić information content (AvgIpc) is 2.16. The quantitative estimate of drug-likeness (QED) is 0.781. The fourth-order valence-electron chi connectivity index (χ4n) is 0.999. The Kier molecular flexibility index (Phi) is 3.88. The third-order valence-corrected chi connectivity index (χ3v) is 2.40.